The van der Waals surface area contributed by atoms with Crippen molar-refractivity contribution in [2.75, 3.05) is 18.6 Å². The van der Waals surface area contributed by atoms with Crippen molar-refractivity contribution in [2.45, 2.75) is 95.9 Å². The molecule has 0 spiro atoms. The smallest absolute Gasteiger partial charge is 0.326 e. The average molecular weight is 604 g/mol. The molecule has 4 aliphatic rings. The minimum atomic E-state index is -1.17. The first-order valence-corrected chi connectivity index (χ1v) is 16.3. The SMILES string of the molecule is C#C[C@]1(O)CC[C@H]2[C@@H]3CCC4=C/C(=N\OCC(=O)N[C@@H](C)C(=O)N[C@H](CCSC)C(=O)O)CC[C@]4(C)[C@H]3[C@@H](O)C[C@@]21C. The molecule has 3 saturated carbocycles. The monoisotopic (exact) mass is 603 g/mol. The number of hydrogen-bond donors (Lipinski definition) is 5. The highest BCUT2D eigenvalue weighted by atomic mass is 32.2. The summed E-state index contributed by atoms with van der Waals surface area (Å²) in [6.45, 7) is 5.40. The van der Waals surface area contributed by atoms with E-state index in [1.807, 2.05) is 12.3 Å². The summed E-state index contributed by atoms with van der Waals surface area (Å²) >= 11 is 1.49. The van der Waals surface area contributed by atoms with Gasteiger partial charge in [0.25, 0.3) is 5.91 Å². The van der Waals surface area contributed by atoms with Gasteiger partial charge in [0.05, 0.1) is 11.8 Å². The van der Waals surface area contributed by atoms with Gasteiger partial charge >= 0.3 is 5.97 Å². The maximum absolute atomic E-state index is 12.4. The van der Waals surface area contributed by atoms with Crippen molar-refractivity contribution in [1.82, 2.24) is 10.6 Å². The number of aliphatic hydroxyl groups is 2. The van der Waals surface area contributed by atoms with Gasteiger partial charge in [0, 0.05) is 5.41 Å². The van der Waals surface area contributed by atoms with E-state index in [1.54, 1.807) is 0 Å². The first-order chi connectivity index (χ1) is 19.8. The molecule has 42 heavy (non-hydrogen) atoms. The average Bonchev–Trinajstić information content (AvgIpc) is 3.20. The molecule has 10 nitrogen and oxygen atoms in total. The molecular weight excluding hydrogens is 558 g/mol. The van der Waals surface area contributed by atoms with Crippen LogP contribution >= 0.6 is 11.8 Å². The Morgan fingerprint density at radius 1 is 1.24 bits per heavy atom. The number of aliphatic carboxylic acids is 1. The number of amides is 2. The molecule has 0 bridgehead atoms. The molecule has 0 aromatic heterocycles. The summed E-state index contributed by atoms with van der Waals surface area (Å²) in [6, 6.07) is -1.95. The molecule has 2 amide bonds. The lowest BCUT2D eigenvalue weighted by atomic mass is 9.45. The summed E-state index contributed by atoms with van der Waals surface area (Å²) in [5.41, 5.74) is 0.112. The van der Waals surface area contributed by atoms with Crippen molar-refractivity contribution in [3.63, 3.8) is 0 Å². The number of terminal acetylenes is 1. The fourth-order valence-corrected chi connectivity index (χ4v) is 8.80. The largest absolute Gasteiger partial charge is 0.480 e. The zero-order chi connectivity index (χ0) is 30.9. The van der Waals surface area contributed by atoms with Crippen LogP contribution in [0.3, 0.4) is 0 Å². The number of carbonyl (C=O) groups is 3. The summed E-state index contributed by atoms with van der Waals surface area (Å²) in [6.07, 6.45) is 14.6. The highest BCUT2D eigenvalue weighted by Gasteiger charge is 2.66. The number of carbonyl (C=O) groups excluding carboxylic acids is 2. The minimum Gasteiger partial charge on any atom is -0.480 e. The summed E-state index contributed by atoms with van der Waals surface area (Å²) in [5.74, 6) is 1.65. The second-order valence-electron chi connectivity index (χ2n) is 13.0. The van der Waals surface area contributed by atoms with Crippen molar-refractivity contribution >= 4 is 35.3 Å². The van der Waals surface area contributed by atoms with Crippen LogP contribution in [0.15, 0.2) is 16.8 Å². The molecule has 4 aliphatic carbocycles. The van der Waals surface area contributed by atoms with Crippen LogP contribution in [-0.2, 0) is 19.2 Å². The van der Waals surface area contributed by atoms with Crippen molar-refractivity contribution in [3.05, 3.63) is 11.6 Å². The standard InChI is InChI=1S/C31H45N3O7S/c1-6-31(40)13-10-22-21-8-7-19-15-20(9-12-29(19,3)26(21)24(35)16-30(22,31)4)34-41-17-25(36)32-18(2)27(37)33-23(28(38)39)11-14-42-5/h1,15,18,21-24,26,35,40H,7-14,16-17H2,2-5H3,(H,32,36)(H,33,37)(H,38,39)/b34-20-/t18-,21-,22-,23+,24-,26+,29-,30-,31-/m0/s1. The van der Waals surface area contributed by atoms with Crippen molar-refractivity contribution in [2.24, 2.45) is 33.7 Å². The van der Waals surface area contributed by atoms with Crippen LogP contribution in [0.4, 0.5) is 0 Å². The Morgan fingerprint density at radius 3 is 2.64 bits per heavy atom. The molecule has 0 aromatic rings. The van der Waals surface area contributed by atoms with E-state index in [2.05, 4.69) is 35.6 Å². The number of thioether (sulfide) groups is 1. The Bertz CT molecular complexity index is 1180. The third-order valence-corrected chi connectivity index (χ3v) is 11.3. The quantitative estimate of drug-likeness (QED) is 0.188. The highest BCUT2D eigenvalue weighted by Crippen LogP contribution is 2.67. The van der Waals surface area contributed by atoms with Gasteiger partial charge in [0.2, 0.25) is 5.91 Å². The molecule has 4 rings (SSSR count). The predicted molar refractivity (Wildman–Crippen MR) is 160 cm³/mol. The van der Waals surface area contributed by atoms with Crippen LogP contribution in [0.5, 0.6) is 0 Å². The van der Waals surface area contributed by atoms with Crippen LogP contribution in [0.25, 0.3) is 0 Å². The molecule has 5 N–H and O–H groups in total. The van der Waals surface area contributed by atoms with Gasteiger partial charge in [-0.1, -0.05) is 30.5 Å². The fourth-order valence-electron chi connectivity index (χ4n) is 8.33. The number of nitrogens with one attached hydrogen (secondary N) is 2. The van der Waals surface area contributed by atoms with Gasteiger partial charge in [-0.3, -0.25) is 9.59 Å². The Labute approximate surface area is 252 Å². The van der Waals surface area contributed by atoms with E-state index < -0.39 is 47.0 Å². The highest BCUT2D eigenvalue weighted by molar-refractivity contribution is 7.98. The first kappa shape index (κ1) is 32.4. The number of rotatable bonds is 10. The van der Waals surface area contributed by atoms with E-state index in [9.17, 15) is 29.7 Å². The molecule has 3 fully saturated rings. The van der Waals surface area contributed by atoms with Crippen LogP contribution in [-0.4, -0.2) is 81.2 Å². The second kappa shape index (κ2) is 12.6. The van der Waals surface area contributed by atoms with Gasteiger partial charge in [0.15, 0.2) is 6.61 Å². The third-order valence-electron chi connectivity index (χ3n) is 10.7. The lowest BCUT2D eigenvalue weighted by molar-refractivity contribution is -0.153. The number of carboxylic acids is 1. The summed E-state index contributed by atoms with van der Waals surface area (Å²) in [7, 11) is 0. The molecule has 9 atom stereocenters. The Balaban J connectivity index is 1.34. The van der Waals surface area contributed by atoms with Crippen LogP contribution < -0.4 is 10.6 Å². The van der Waals surface area contributed by atoms with Gasteiger partial charge in [-0.25, -0.2) is 4.79 Å². The van der Waals surface area contributed by atoms with Gasteiger partial charge in [-0.2, -0.15) is 11.8 Å². The third kappa shape index (κ3) is 5.95. The maximum atomic E-state index is 12.4. The Morgan fingerprint density at radius 2 is 1.98 bits per heavy atom. The number of aliphatic hydroxyl groups excluding tert-OH is 1. The Kier molecular flexibility index (Phi) is 9.70. The van der Waals surface area contributed by atoms with Crippen LogP contribution in [0, 0.1) is 40.9 Å². The predicted octanol–water partition coefficient (Wildman–Crippen LogP) is 2.48. The molecule has 232 valence electrons. The summed E-state index contributed by atoms with van der Waals surface area (Å²) < 4.78 is 0. The van der Waals surface area contributed by atoms with Crippen molar-refractivity contribution < 1.29 is 34.5 Å². The maximum Gasteiger partial charge on any atom is 0.326 e. The van der Waals surface area contributed by atoms with Crippen molar-refractivity contribution in [1.29, 1.82) is 0 Å². The van der Waals surface area contributed by atoms with E-state index in [-0.39, 0.29) is 36.2 Å². The lowest BCUT2D eigenvalue weighted by Crippen LogP contribution is -2.59. The van der Waals surface area contributed by atoms with Gasteiger partial charge in [-0.05, 0) is 99.5 Å². The molecule has 0 aliphatic heterocycles. The van der Waals surface area contributed by atoms with E-state index in [0.29, 0.717) is 25.0 Å². The van der Waals surface area contributed by atoms with Crippen LogP contribution in [0.2, 0.25) is 0 Å². The Hall–Kier alpha value is -2.55. The fraction of sp³-hybridized carbons (Fsp3) is 0.742. The molecule has 0 saturated heterocycles. The van der Waals surface area contributed by atoms with E-state index >= 15 is 0 Å². The van der Waals surface area contributed by atoms with E-state index in [1.165, 1.54) is 24.3 Å². The number of oxime groups is 1. The number of carboxylic acid groups (broad SMARTS) is 1. The van der Waals surface area contributed by atoms with Crippen molar-refractivity contribution in [3.8, 4) is 12.3 Å². The topological polar surface area (TPSA) is 158 Å². The van der Waals surface area contributed by atoms with Gasteiger partial charge < -0.3 is 30.8 Å². The molecule has 0 aromatic carbocycles. The minimum absolute atomic E-state index is 0.0815. The first-order valence-electron chi connectivity index (χ1n) is 14.9. The van der Waals surface area contributed by atoms with Gasteiger partial charge in [0.1, 0.15) is 17.7 Å². The zero-order valence-electron chi connectivity index (χ0n) is 25.0. The summed E-state index contributed by atoms with van der Waals surface area (Å²) in [4.78, 5) is 41.5. The lowest BCUT2D eigenvalue weighted by Gasteiger charge is -2.60. The van der Waals surface area contributed by atoms with Gasteiger partial charge in [-0.15, -0.1) is 6.42 Å². The molecular formula is C31H45N3O7S. The number of nitrogens with zero attached hydrogens (tertiary/aromatic N) is 1. The number of allylic oxidation sites excluding steroid dienone is 2. The molecule has 11 heteroatoms. The number of fused-ring (bicyclic) bond motifs is 5. The normalized spacial score (nSPS) is 37.6. The number of hydrogen-bond acceptors (Lipinski definition) is 8. The van der Waals surface area contributed by atoms with E-state index in [4.69, 9.17) is 11.3 Å². The van der Waals surface area contributed by atoms with E-state index in [0.717, 1.165) is 31.4 Å². The van der Waals surface area contributed by atoms with Crippen LogP contribution in [0.1, 0.15) is 72.1 Å². The molecule has 0 radical (unpaired) electrons. The second-order valence-corrected chi connectivity index (χ2v) is 14.0. The zero-order valence-corrected chi connectivity index (χ0v) is 25.8. The molecule has 0 heterocycles. The summed E-state index contributed by atoms with van der Waals surface area (Å²) in [5, 5.41) is 41.2. The molecule has 0 unspecified atom stereocenters.